The Bertz CT molecular complexity index is 620. The number of nitrogen functional groups attached to an aromatic ring is 1. The van der Waals surface area contributed by atoms with E-state index >= 15 is 0 Å². The van der Waals surface area contributed by atoms with Gasteiger partial charge in [-0.25, -0.2) is 9.89 Å². The maximum Gasteiger partial charge on any atom is 0.343 e. The first-order chi connectivity index (χ1) is 9.15. The molecule has 7 heteroatoms. The van der Waals surface area contributed by atoms with Crippen molar-refractivity contribution in [2.24, 2.45) is 0 Å². The highest BCUT2D eigenvalue weighted by Crippen LogP contribution is 2.33. The van der Waals surface area contributed by atoms with Crippen LogP contribution in [0.15, 0.2) is 33.0 Å². The molecule has 0 radical (unpaired) electrons. The van der Waals surface area contributed by atoms with Gasteiger partial charge in [0.15, 0.2) is 5.16 Å². The average Bonchev–Trinajstić information content (AvgIpc) is 2.74. The third-order valence-corrected chi connectivity index (χ3v) is 3.66. The number of methoxy groups -OCH3 is 1. The molecular weight excluding hydrogens is 264 g/mol. The quantitative estimate of drug-likeness (QED) is 0.814. The van der Waals surface area contributed by atoms with E-state index < -0.39 is 0 Å². The number of nitrogens with one attached hydrogen (secondary N) is 1. The smallest absolute Gasteiger partial charge is 0.343 e. The Hall–Kier alpha value is -1.89. The number of nitrogens with zero attached hydrogens (tertiary/aromatic N) is 2. The summed E-state index contributed by atoms with van der Waals surface area (Å²) < 4.78 is 6.77. The van der Waals surface area contributed by atoms with Gasteiger partial charge in [0, 0.05) is 17.1 Å². The normalized spacial score (nSPS) is 10.6. The summed E-state index contributed by atoms with van der Waals surface area (Å²) in [5.74, 6) is 0.719. The molecule has 2 rings (SSSR count). The van der Waals surface area contributed by atoms with Gasteiger partial charge in [-0.2, -0.15) is 0 Å². The van der Waals surface area contributed by atoms with Gasteiger partial charge in [-0.05, 0) is 36.4 Å². The van der Waals surface area contributed by atoms with Gasteiger partial charge in [0.25, 0.3) is 0 Å². The molecule has 0 bridgehead atoms. The van der Waals surface area contributed by atoms with E-state index in [0.717, 1.165) is 17.1 Å². The average molecular weight is 280 g/mol. The van der Waals surface area contributed by atoms with E-state index in [2.05, 4.69) is 10.2 Å². The van der Waals surface area contributed by atoms with Gasteiger partial charge in [-0.1, -0.05) is 6.92 Å². The van der Waals surface area contributed by atoms with Crippen LogP contribution in [0.3, 0.4) is 0 Å². The second kappa shape index (κ2) is 5.83. The van der Waals surface area contributed by atoms with Crippen LogP contribution in [0.25, 0.3) is 0 Å². The molecule has 1 aromatic carbocycles. The van der Waals surface area contributed by atoms with Gasteiger partial charge in [-0.3, -0.25) is 4.57 Å². The largest absolute Gasteiger partial charge is 0.497 e. The highest BCUT2D eigenvalue weighted by molar-refractivity contribution is 7.99. The highest BCUT2D eigenvalue weighted by atomic mass is 32.2. The standard InChI is InChI=1S/C12H16N4O2S/c1-3-6-16-11(17)14-15-12(16)19-10-7-8(18-2)4-5-9(10)13/h4-5,7H,3,6,13H2,1-2H3,(H,14,17). The summed E-state index contributed by atoms with van der Waals surface area (Å²) in [6.07, 6.45) is 0.862. The van der Waals surface area contributed by atoms with Crippen LogP contribution in [-0.2, 0) is 6.54 Å². The number of aromatic amines is 1. The number of benzene rings is 1. The summed E-state index contributed by atoms with van der Waals surface area (Å²) in [4.78, 5) is 12.4. The van der Waals surface area contributed by atoms with Crippen LogP contribution in [-0.4, -0.2) is 21.9 Å². The lowest BCUT2D eigenvalue weighted by atomic mass is 10.3. The van der Waals surface area contributed by atoms with E-state index in [9.17, 15) is 4.79 Å². The predicted octanol–water partition coefficient (Wildman–Crippen LogP) is 1.72. The molecule has 0 spiro atoms. The van der Waals surface area contributed by atoms with Gasteiger partial charge in [0.05, 0.1) is 7.11 Å². The molecule has 0 saturated carbocycles. The van der Waals surface area contributed by atoms with Crippen molar-refractivity contribution in [3.63, 3.8) is 0 Å². The van der Waals surface area contributed by atoms with Crippen LogP contribution < -0.4 is 16.2 Å². The maximum atomic E-state index is 11.6. The molecule has 6 nitrogen and oxygen atoms in total. The van der Waals surface area contributed by atoms with Gasteiger partial charge in [0.2, 0.25) is 0 Å². The number of rotatable bonds is 5. The first-order valence-electron chi connectivity index (χ1n) is 5.92. The molecule has 102 valence electrons. The van der Waals surface area contributed by atoms with Gasteiger partial charge < -0.3 is 10.5 Å². The Labute approximate surface area is 115 Å². The van der Waals surface area contributed by atoms with Gasteiger partial charge in [-0.15, -0.1) is 5.10 Å². The highest BCUT2D eigenvalue weighted by Gasteiger charge is 2.11. The Balaban J connectivity index is 2.33. The van der Waals surface area contributed by atoms with Crippen molar-refractivity contribution < 1.29 is 4.74 Å². The summed E-state index contributed by atoms with van der Waals surface area (Å²) in [5, 5.41) is 7.08. The molecule has 19 heavy (non-hydrogen) atoms. The second-order valence-corrected chi connectivity index (χ2v) is 4.98. The van der Waals surface area contributed by atoms with Crippen molar-refractivity contribution >= 4 is 17.4 Å². The minimum Gasteiger partial charge on any atom is -0.497 e. The van der Waals surface area contributed by atoms with Crippen LogP contribution in [0.5, 0.6) is 5.75 Å². The van der Waals surface area contributed by atoms with E-state index in [1.54, 1.807) is 23.8 Å². The first-order valence-corrected chi connectivity index (χ1v) is 6.74. The fraction of sp³-hybridized carbons (Fsp3) is 0.333. The molecule has 3 N–H and O–H groups in total. The Morgan fingerprint density at radius 3 is 3.00 bits per heavy atom. The fourth-order valence-electron chi connectivity index (χ4n) is 1.63. The lowest BCUT2D eigenvalue weighted by Crippen LogP contribution is -2.17. The van der Waals surface area contributed by atoms with Crippen LogP contribution >= 0.6 is 11.8 Å². The number of hydrogen-bond donors (Lipinski definition) is 2. The van der Waals surface area contributed by atoms with Gasteiger partial charge in [0.1, 0.15) is 5.75 Å². The molecule has 0 aliphatic rings. The summed E-state index contributed by atoms with van der Waals surface area (Å²) in [7, 11) is 1.60. The summed E-state index contributed by atoms with van der Waals surface area (Å²) in [6.45, 7) is 2.63. The SMILES string of the molecule is CCCn1c(Sc2cc(OC)ccc2N)n[nH]c1=O. The first kappa shape index (κ1) is 13.5. The van der Waals surface area contributed by atoms with Crippen molar-refractivity contribution in [2.75, 3.05) is 12.8 Å². The lowest BCUT2D eigenvalue weighted by Gasteiger charge is -2.08. The van der Waals surface area contributed by atoms with Crippen molar-refractivity contribution in [1.29, 1.82) is 0 Å². The minimum atomic E-state index is -0.203. The van der Waals surface area contributed by atoms with Crippen molar-refractivity contribution in [2.45, 2.75) is 29.9 Å². The van der Waals surface area contributed by atoms with E-state index in [0.29, 0.717) is 17.4 Å². The molecule has 2 aromatic rings. The Morgan fingerprint density at radius 1 is 1.53 bits per heavy atom. The molecule has 0 unspecified atom stereocenters. The Morgan fingerprint density at radius 2 is 2.32 bits per heavy atom. The Kier molecular flexibility index (Phi) is 4.16. The monoisotopic (exact) mass is 280 g/mol. The number of anilines is 1. The van der Waals surface area contributed by atoms with Crippen LogP contribution in [0, 0.1) is 0 Å². The topological polar surface area (TPSA) is 85.9 Å². The summed E-state index contributed by atoms with van der Waals surface area (Å²) in [5.41, 5.74) is 6.35. The molecule has 0 aliphatic heterocycles. The molecular formula is C12H16N4O2S. The predicted molar refractivity (Wildman–Crippen MR) is 74.7 cm³/mol. The number of hydrogen-bond acceptors (Lipinski definition) is 5. The molecule has 0 amide bonds. The van der Waals surface area contributed by atoms with E-state index in [1.165, 1.54) is 11.8 Å². The zero-order chi connectivity index (χ0) is 13.8. The molecule has 1 heterocycles. The third kappa shape index (κ3) is 2.93. The van der Waals surface area contributed by atoms with Crippen molar-refractivity contribution in [1.82, 2.24) is 14.8 Å². The van der Waals surface area contributed by atoms with Crippen LogP contribution in [0.1, 0.15) is 13.3 Å². The molecule has 0 fully saturated rings. The second-order valence-electron chi connectivity index (χ2n) is 3.97. The molecule has 0 saturated heterocycles. The number of aromatic nitrogens is 3. The molecule has 0 aliphatic carbocycles. The van der Waals surface area contributed by atoms with E-state index in [4.69, 9.17) is 10.5 Å². The van der Waals surface area contributed by atoms with E-state index in [1.807, 2.05) is 13.0 Å². The molecule has 0 atom stereocenters. The number of nitrogens with two attached hydrogens (primary N) is 1. The van der Waals surface area contributed by atoms with Crippen molar-refractivity contribution in [3.8, 4) is 5.75 Å². The van der Waals surface area contributed by atoms with Crippen LogP contribution in [0.2, 0.25) is 0 Å². The molecule has 1 aromatic heterocycles. The summed E-state index contributed by atoms with van der Waals surface area (Å²) >= 11 is 1.35. The summed E-state index contributed by atoms with van der Waals surface area (Å²) in [6, 6.07) is 5.40. The fourth-order valence-corrected chi connectivity index (χ4v) is 2.56. The number of H-pyrrole nitrogens is 1. The number of ether oxygens (including phenoxy) is 1. The minimum absolute atomic E-state index is 0.203. The van der Waals surface area contributed by atoms with Crippen molar-refractivity contribution in [3.05, 3.63) is 28.7 Å². The zero-order valence-corrected chi connectivity index (χ0v) is 11.7. The lowest BCUT2D eigenvalue weighted by molar-refractivity contribution is 0.414. The van der Waals surface area contributed by atoms with Crippen LogP contribution in [0.4, 0.5) is 5.69 Å². The zero-order valence-electron chi connectivity index (χ0n) is 10.8. The van der Waals surface area contributed by atoms with Gasteiger partial charge >= 0.3 is 5.69 Å². The third-order valence-electron chi connectivity index (χ3n) is 2.59. The van der Waals surface area contributed by atoms with E-state index in [-0.39, 0.29) is 5.69 Å². The maximum absolute atomic E-state index is 11.6.